The van der Waals surface area contributed by atoms with Gasteiger partial charge in [-0.25, -0.2) is 0 Å². The first-order valence-electron chi connectivity index (χ1n) is 11.3. The summed E-state index contributed by atoms with van der Waals surface area (Å²) in [6.45, 7) is 2.19. The fourth-order valence-corrected chi connectivity index (χ4v) is 3.75. The fourth-order valence-electron chi connectivity index (χ4n) is 3.75. The lowest BCUT2D eigenvalue weighted by Gasteiger charge is -2.24. The minimum atomic E-state index is -0.750. The Hall–Kier alpha value is -0.480. The second-order valence-electron chi connectivity index (χ2n) is 7.96. The van der Waals surface area contributed by atoms with Crippen LogP contribution < -0.4 is 0 Å². The van der Waals surface area contributed by atoms with Crippen molar-refractivity contribution in [3.63, 3.8) is 0 Å². The van der Waals surface area contributed by atoms with E-state index in [2.05, 4.69) is 12.1 Å². The first-order chi connectivity index (χ1) is 12.7. The van der Waals surface area contributed by atoms with Crippen molar-refractivity contribution < 1.29 is 10.2 Å². The zero-order chi connectivity index (χ0) is 19.3. The second-order valence-corrected chi connectivity index (χ2v) is 7.96. The van der Waals surface area contributed by atoms with Crippen molar-refractivity contribution >= 4 is 0 Å². The van der Waals surface area contributed by atoms with Crippen molar-refractivity contribution in [2.24, 2.45) is 5.18 Å². The van der Waals surface area contributed by atoms with E-state index < -0.39 is 5.54 Å². The second kappa shape index (κ2) is 19.3. The summed E-state index contributed by atoms with van der Waals surface area (Å²) in [6.07, 6.45) is 21.3. The van der Waals surface area contributed by atoms with Gasteiger partial charge >= 0.3 is 0 Å². The zero-order valence-electron chi connectivity index (χ0n) is 17.4. The third kappa shape index (κ3) is 14.7. The Balaban J connectivity index is 3.41. The largest absolute Gasteiger partial charge is 0.396 e. The van der Waals surface area contributed by atoms with Crippen LogP contribution >= 0.6 is 0 Å². The van der Waals surface area contributed by atoms with E-state index in [-0.39, 0.29) is 13.2 Å². The van der Waals surface area contributed by atoms with E-state index >= 15 is 0 Å². The van der Waals surface area contributed by atoms with Crippen LogP contribution in [0.3, 0.4) is 0 Å². The van der Waals surface area contributed by atoms with Gasteiger partial charge in [-0.1, -0.05) is 108 Å². The molecule has 0 rings (SSSR count). The SMILES string of the molecule is CCCCCCCCCCCCCCCCCC(CCO)(CCO)N=O. The number of nitrogens with zero attached hydrogens (tertiary/aromatic N) is 1. The molecule has 0 heterocycles. The average Bonchev–Trinajstić information content (AvgIpc) is 2.65. The molecule has 0 atom stereocenters. The number of hydrogen-bond acceptors (Lipinski definition) is 4. The summed E-state index contributed by atoms with van der Waals surface area (Å²) in [5.41, 5.74) is -0.750. The first kappa shape index (κ1) is 25.5. The van der Waals surface area contributed by atoms with Crippen molar-refractivity contribution in [1.29, 1.82) is 0 Å². The molecule has 0 aliphatic heterocycles. The highest BCUT2D eigenvalue weighted by atomic mass is 16.3. The van der Waals surface area contributed by atoms with Crippen LogP contribution in [-0.2, 0) is 0 Å². The molecule has 0 spiro atoms. The molecular formula is C22H45NO3. The van der Waals surface area contributed by atoms with E-state index in [0.29, 0.717) is 19.3 Å². The maximum Gasteiger partial charge on any atom is 0.107 e. The number of nitroso groups, excluding NO2 is 1. The lowest BCUT2D eigenvalue weighted by molar-refractivity contribution is 0.183. The Bertz CT molecular complexity index is 291. The Labute approximate surface area is 162 Å². The van der Waals surface area contributed by atoms with Crippen LogP contribution in [0.5, 0.6) is 0 Å². The van der Waals surface area contributed by atoms with Crippen LogP contribution in [0, 0.1) is 4.91 Å². The van der Waals surface area contributed by atoms with Gasteiger partial charge in [-0.2, -0.15) is 4.91 Å². The summed E-state index contributed by atoms with van der Waals surface area (Å²) in [5, 5.41) is 21.4. The molecule has 0 aromatic carbocycles. The number of aliphatic hydroxyl groups is 2. The normalized spacial score (nSPS) is 11.8. The lowest BCUT2D eigenvalue weighted by Crippen LogP contribution is -2.28. The molecule has 0 saturated heterocycles. The summed E-state index contributed by atoms with van der Waals surface area (Å²) >= 11 is 0. The molecule has 26 heavy (non-hydrogen) atoms. The third-order valence-electron chi connectivity index (χ3n) is 5.59. The number of hydrogen-bond donors (Lipinski definition) is 2. The van der Waals surface area contributed by atoms with E-state index in [4.69, 9.17) is 10.2 Å². The molecule has 0 aromatic rings. The van der Waals surface area contributed by atoms with Crippen LogP contribution in [0.2, 0.25) is 0 Å². The molecule has 156 valence electrons. The van der Waals surface area contributed by atoms with Gasteiger partial charge in [-0.05, 0) is 19.3 Å². The number of rotatable bonds is 21. The Morgan fingerprint density at radius 3 is 1.23 bits per heavy atom. The molecule has 0 radical (unpaired) electrons. The molecular weight excluding hydrogens is 326 g/mol. The molecule has 2 N–H and O–H groups in total. The monoisotopic (exact) mass is 371 g/mol. The van der Waals surface area contributed by atoms with Gasteiger partial charge < -0.3 is 10.2 Å². The summed E-state index contributed by atoms with van der Waals surface area (Å²) in [7, 11) is 0. The van der Waals surface area contributed by atoms with Gasteiger partial charge in [0.25, 0.3) is 0 Å². The molecule has 0 fully saturated rings. The van der Waals surface area contributed by atoms with E-state index in [1.165, 1.54) is 83.5 Å². The van der Waals surface area contributed by atoms with Crippen LogP contribution in [0.15, 0.2) is 5.18 Å². The minimum Gasteiger partial charge on any atom is -0.396 e. The topological polar surface area (TPSA) is 69.9 Å². The van der Waals surface area contributed by atoms with Gasteiger partial charge in [0.15, 0.2) is 0 Å². The van der Waals surface area contributed by atoms with Gasteiger partial charge in [0.1, 0.15) is 5.54 Å². The van der Waals surface area contributed by atoms with Crippen molar-refractivity contribution in [3.8, 4) is 0 Å². The van der Waals surface area contributed by atoms with Crippen molar-refractivity contribution in [1.82, 2.24) is 0 Å². The average molecular weight is 372 g/mol. The summed E-state index contributed by atoms with van der Waals surface area (Å²) in [4.78, 5) is 11.1. The molecule has 4 nitrogen and oxygen atoms in total. The third-order valence-corrected chi connectivity index (χ3v) is 5.59. The predicted molar refractivity (Wildman–Crippen MR) is 111 cm³/mol. The molecule has 0 bridgehead atoms. The minimum absolute atomic E-state index is 0.0372. The van der Waals surface area contributed by atoms with Crippen LogP contribution in [0.25, 0.3) is 0 Å². The lowest BCUT2D eigenvalue weighted by atomic mass is 9.87. The molecule has 4 heteroatoms. The predicted octanol–water partition coefficient (Wildman–Crippen LogP) is 6.52. The summed E-state index contributed by atoms with van der Waals surface area (Å²) in [5.74, 6) is 0. The quantitative estimate of drug-likeness (QED) is 0.178. The van der Waals surface area contributed by atoms with Gasteiger partial charge in [0, 0.05) is 13.2 Å². The molecule has 0 aliphatic carbocycles. The molecule has 0 saturated carbocycles. The smallest absolute Gasteiger partial charge is 0.107 e. The van der Waals surface area contributed by atoms with Gasteiger partial charge in [0.05, 0.1) is 0 Å². The van der Waals surface area contributed by atoms with E-state index in [1.54, 1.807) is 0 Å². The standard InChI is InChI=1S/C22H45NO3/c1-2-3-4-5-6-7-8-9-10-11-12-13-14-15-16-17-22(23-26,18-20-24)19-21-25/h24-25H,2-21H2,1H3. The molecule has 0 aromatic heterocycles. The van der Waals surface area contributed by atoms with Crippen molar-refractivity contribution in [2.45, 2.75) is 128 Å². The van der Waals surface area contributed by atoms with E-state index in [0.717, 1.165) is 12.8 Å². The highest BCUT2D eigenvalue weighted by Crippen LogP contribution is 2.27. The van der Waals surface area contributed by atoms with Gasteiger partial charge in [0.2, 0.25) is 0 Å². The van der Waals surface area contributed by atoms with Crippen LogP contribution in [0.4, 0.5) is 0 Å². The van der Waals surface area contributed by atoms with E-state index in [9.17, 15) is 4.91 Å². The Morgan fingerprint density at radius 1 is 0.577 bits per heavy atom. The Kier molecular flexibility index (Phi) is 18.9. The van der Waals surface area contributed by atoms with Gasteiger partial charge in [-0.3, -0.25) is 0 Å². The summed E-state index contributed by atoms with van der Waals surface area (Å²) < 4.78 is 0. The Morgan fingerprint density at radius 2 is 0.923 bits per heavy atom. The van der Waals surface area contributed by atoms with E-state index in [1.807, 2.05) is 0 Å². The summed E-state index contributed by atoms with van der Waals surface area (Å²) in [6, 6.07) is 0. The van der Waals surface area contributed by atoms with Crippen molar-refractivity contribution in [2.75, 3.05) is 13.2 Å². The maximum atomic E-state index is 11.1. The fraction of sp³-hybridized carbons (Fsp3) is 1.00. The highest BCUT2D eigenvalue weighted by Gasteiger charge is 2.29. The van der Waals surface area contributed by atoms with Crippen LogP contribution in [-0.4, -0.2) is 29.0 Å². The van der Waals surface area contributed by atoms with Gasteiger partial charge in [-0.15, -0.1) is 0 Å². The van der Waals surface area contributed by atoms with Crippen LogP contribution in [0.1, 0.15) is 122 Å². The molecule has 0 aliphatic rings. The first-order valence-corrected chi connectivity index (χ1v) is 11.3. The molecule has 0 unspecified atom stereocenters. The zero-order valence-corrected chi connectivity index (χ0v) is 17.4. The highest BCUT2D eigenvalue weighted by molar-refractivity contribution is 4.87. The number of unbranched alkanes of at least 4 members (excludes halogenated alkanes) is 14. The molecule has 0 amide bonds. The van der Waals surface area contributed by atoms with Crippen molar-refractivity contribution in [3.05, 3.63) is 4.91 Å². The maximum absolute atomic E-state index is 11.1. The number of aliphatic hydroxyl groups excluding tert-OH is 2.